The Hall–Kier alpha value is -3.29. The summed E-state index contributed by atoms with van der Waals surface area (Å²) < 4.78 is 29.1. The van der Waals surface area contributed by atoms with Crippen LogP contribution in [-0.2, 0) is 27.2 Å². The van der Waals surface area contributed by atoms with Crippen molar-refractivity contribution in [2.45, 2.75) is 71.1 Å². The predicted molar refractivity (Wildman–Crippen MR) is 136 cm³/mol. The lowest BCUT2D eigenvalue weighted by atomic mass is 9.87. The average molecular weight is 512 g/mol. The molecule has 3 atom stereocenters. The molecular formula is C29H35F2N3O3. The first-order valence-electron chi connectivity index (χ1n) is 12.9. The van der Waals surface area contributed by atoms with Crippen LogP contribution in [0.1, 0.15) is 56.8 Å². The highest BCUT2D eigenvalue weighted by atomic mass is 19.1. The highest BCUT2D eigenvalue weighted by Crippen LogP contribution is 2.36. The fourth-order valence-corrected chi connectivity index (χ4v) is 5.45. The maximum absolute atomic E-state index is 15.2. The van der Waals surface area contributed by atoms with Crippen LogP contribution in [0, 0.1) is 23.5 Å². The van der Waals surface area contributed by atoms with E-state index >= 15 is 4.39 Å². The molecule has 1 aliphatic carbocycles. The Morgan fingerprint density at radius 1 is 1.05 bits per heavy atom. The monoisotopic (exact) mass is 511 g/mol. The molecule has 1 heterocycles. The number of carbonyl (C=O) groups is 3. The van der Waals surface area contributed by atoms with Gasteiger partial charge in [-0.1, -0.05) is 44.2 Å². The number of hydrogen-bond donors (Lipinski definition) is 1. The molecule has 1 fully saturated rings. The van der Waals surface area contributed by atoms with Gasteiger partial charge in [0, 0.05) is 24.7 Å². The molecule has 3 amide bonds. The molecule has 37 heavy (non-hydrogen) atoms. The summed E-state index contributed by atoms with van der Waals surface area (Å²) in [5, 5.41) is 2.94. The number of hydrogen-bond acceptors (Lipinski definition) is 3. The second-order valence-corrected chi connectivity index (χ2v) is 10.9. The van der Waals surface area contributed by atoms with E-state index in [9.17, 15) is 18.8 Å². The van der Waals surface area contributed by atoms with Crippen LogP contribution < -0.4 is 5.32 Å². The van der Waals surface area contributed by atoms with E-state index in [0.29, 0.717) is 25.3 Å². The number of nitrogens with one attached hydrogen (secondary N) is 1. The van der Waals surface area contributed by atoms with Gasteiger partial charge < -0.3 is 15.1 Å². The zero-order valence-corrected chi connectivity index (χ0v) is 22.0. The van der Waals surface area contributed by atoms with Crippen LogP contribution in [0.5, 0.6) is 0 Å². The van der Waals surface area contributed by atoms with Crippen molar-refractivity contribution in [3.05, 3.63) is 70.8 Å². The van der Waals surface area contributed by atoms with Crippen LogP contribution in [0.3, 0.4) is 0 Å². The molecule has 2 aromatic rings. The van der Waals surface area contributed by atoms with E-state index < -0.39 is 41.6 Å². The van der Waals surface area contributed by atoms with Crippen LogP contribution in [-0.4, -0.2) is 52.7 Å². The summed E-state index contributed by atoms with van der Waals surface area (Å²) in [7, 11) is 1.58. The molecule has 0 spiro atoms. The Balaban J connectivity index is 1.81. The molecule has 6 nitrogen and oxygen atoms in total. The normalized spacial score (nSPS) is 20.8. The van der Waals surface area contributed by atoms with E-state index in [0.717, 1.165) is 17.2 Å². The van der Waals surface area contributed by atoms with Crippen molar-refractivity contribution in [2.24, 2.45) is 11.8 Å². The van der Waals surface area contributed by atoms with Gasteiger partial charge in [0.2, 0.25) is 17.7 Å². The molecule has 8 heteroatoms. The summed E-state index contributed by atoms with van der Waals surface area (Å²) in [6.45, 7) is 7.46. The van der Waals surface area contributed by atoms with Gasteiger partial charge in [-0.3, -0.25) is 14.4 Å². The minimum absolute atomic E-state index is 0.0231. The summed E-state index contributed by atoms with van der Waals surface area (Å²) in [5.41, 5.74) is 2.13. The van der Waals surface area contributed by atoms with E-state index in [1.807, 2.05) is 52.0 Å². The molecule has 1 N–H and O–H groups in total. The smallest absolute Gasteiger partial charge is 0.250 e. The Morgan fingerprint density at radius 3 is 2.22 bits per heavy atom. The summed E-state index contributed by atoms with van der Waals surface area (Å²) in [6.07, 6.45) is 1.53. The number of nitrogens with zero attached hydrogens (tertiary/aromatic N) is 2. The first-order chi connectivity index (χ1) is 17.5. The number of halogens is 2. The van der Waals surface area contributed by atoms with Gasteiger partial charge in [0.05, 0.1) is 0 Å². The number of likely N-dealkylation sites (N-methyl/N-ethyl adjacent to an activating group) is 1. The van der Waals surface area contributed by atoms with Crippen LogP contribution in [0.15, 0.2) is 42.5 Å². The van der Waals surface area contributed by atoms with Crippen molar-refractivity contribution in [2.75, 3.05) is 7.05 Å². The van der Waals surface area contributed by atoms with E-state index in [1.54, 1.807) is 7.05 Å². The largest absolute Gasteiger partial charge is 0.342 e. The minimum atomic E-state index is -1.40. The van der Waals surface area contributed by atoms with Crippen molar-refractivity contribution in [1.82, 2.24) is 15.1 Å². The highest BCUT2D eigenvalue weighted by Gasteiger charge is 2.50. The number of rotatable bonds is 7. The van der Waals surface area contributed by atoms with Gasteiger partial charge in [-0.25, -0.2) is 8.78 Å². The number of amides is 3. The van der Waals surface area contributed by atoms with E-state index in [1.165, 1.54) is 15.9 Å². The van der Waals surface area contributed by atoms with Crippen LogP contribution in [0.2, 0.25) is 0 Å². The Bertz CT molecular complexity index is 1170. The second-order valence-electron chi connectivity index (χ2n) is 10.9. The number of piperazine rings is 1. The van der Waals surface area contributed by atoms with Gasteiger partial charge in [-0.2, -0.15) is 0 Å². The van der Waals surface area contributed by atoms with E-state index in [-0.39, 0.29) is 29.3 Å². The first-order valence-corrected chi connectivity index (χ1v) is 12.9. The third-order valence-corrected chi connectivity index (χ3v) is 7.60. The SMILES string of the molecule is CC(C)CC1C(=O)NC(C2Cc3ccccc3C2)C(=O)N1C(C(=O)N(C)C(C)C)c1ccc(F)cc1F. The Morgan fingerprint density at radius 2 is 1.68 bits per heavy atom. The average Bonchev–Trinajstić information content (AvgIpc) is 3.27. The predicted octanol–water partition coefficient (Wildman–Crippen LogP) is 4.03. The van der Waals surface area contributed by atoms with Crippen molar-refractivity contribution in [3.63, 3.8) is 0 Å². The standard InChI is InChI=1S/C29H35F2N3O3/c1-16(2)12-24-27(35)32-25(20-13-18-8-6-7-9-19(18)14-20)28(36)34(24)26(29(37)33(5)17(3)4)22-11-10-21(30)15-23(22)31/h6-11,15-17,20,24-26H,12-14H2,1-5H3,(H,32,35). The quantitative estimate of drug-likeness (QED) is 0.610. The van der Waals surface area contributed by atoms with Gasteiger partial charge in [0.1, 0.15) is 29.8 Å². The number of carbonyl (C=O) groups excluding carboxylic acids is 3. The molecule has 3 unspecified atom stereocenters. The van der Waals surface area contributed by atoms with Gasteiger partial charge in [0.25, 0.3) is 0 Å². The molecule has 4 rings (SSSR count). The Kier molecular flexibility index (Phi) is 7.67. The van der Waals surface area contributed by atoms with Crippen LogP contribution in [0.4, 0.5) is 8.78 Å². The second kappa shape index (κ2) is 10.6. The van der Waals surface area contributed by atoms with Crippen molar-refractivity contribution in [3.8, 4) is 0 Å². The topological polar surface area (TPSA) is 69.7 Å². The lowest BCUT2D eigenvalue weighted by molar-refractivity contribution is -0.160. The molecule has 198 valence electrons. The Labute approximate surface area is 217 Å². The summed E-state index contributed by atoms with van der Waals surface area (Å²) in [6, 6.07) is 7.45. The molecule has 2 aromatic carbocycles. The number of benzene rings is 2. The van der Waals surface area contributed by atoms with Gasteiger partial charge in [-0.05, 0) is 62.1 Å². The molecule has 0 saturated carbocycles. The van der Waals surface area contributed by atoms with Crippen LogP contribution >= 0.6 is 0 Å². The van der Waals surface area contributed by atoms with Crippen molar-refractivity contribution >= 4 is 17.7 Å². The molecule has 0 radical (unpaired) electrons. The molecule has 0 bridgehead atoms. The number of fused-ring (bicyclic) bond motifs is 1. The molecular weight excluding hydrogens is 476 g/mol. The molecule has 2 aliphatic rings. The summed E-state index contributed by atoms with van der Waals surface area (Å²) in [4.78, 5) is 44.3. The van der Waals surface area contributed by atoms with Gasteiger partial charge in [0.15, 0.2) is 0 Å². The maximum atomic E-state index is 15.2. The third kappa shape index (κ3) is 5.24. The fraction of sp³-hybridized carbons (Fsp3) is 0.483. The fourth-order valence-electron chi connectivity index (χ4n) is 5.45. The molecule has 1 saturated heterocycles. The zero-order chi connectivity index (χ0) is 27.0. The third-order valence-electron chi connectivity index (χ3n) is 7.60. The summed E-state index contributed by atoms with van der Waals surface area (Å²) in [5.74, 6) is -3.17. The van der Waals surface area contributed by atoms with Crippen molar-refractivity contribution < 1.29 is 23.2 Å². The van der Waals surface area contributed by atoms with Gasteiger partial charge in [-0.15, -0.1) is 0 Å². The summed E-state index contributed by atoms with van der Waals surface area (Å²) >= 11 is 0. The van der Waals surface area contributed by atoms with Gasteiger partial charge >= 0.3 is 0 Å². The minimum Gasteiger partial charge on any atom is -0.342 e. The lowest BCUT2D eigenvalue weighted by Gasteiger charge is -2.45. The first kappa shape index (κ1) is 26.8. The highest BCUT2D eigenvalue weighted by molar-refractivity contribution is 6.00. The van der Waals surface area contributed by atoms with Crippen molar-refractivity contribution in [1.29, 1.82) is 0 Å². The molecule has 1 aliphatic heterocycles. The maximum Gasteiger partial charge on any atom is 0.250 e. The zero-order valence-electron chi connectivity index (χ0n) is 22.0. The van der Waals surface area contributed by atoms with E-state index in [2.05, 4.69) is 5.32 Å². The van der Waals surface area contributed by atoms with E-state index in [4.69, 9.17) is 0 Å². The van der Waals surface area contributed by atoms with Crippen LogP contribution in [0.25, 0.3) is 0 Å². The molecule has 0 aromatic heterocycles. The lowest BCUT2D eigenvalue weighted by Crippen LogP contribution is -2.67.